The lowest BCUT2D eigenvalue weighted by atomic mass is 9.99. The smallest absolute Gasteiger partial charge is 0.160 e. The van der Waals surface area contributed by atoms with E-state index in [2.05, 4.69) is 220 Å². The van der Waals surface area contributed by atoms with Crippen LogP contribution in [0.5, 0.6) is 0 Å². The molecule has 0 saturated carbocycles. The number of benzene rings is 9. The number of hydrogen-bond donors (Lipinski definition) is 0. The summed E-state index contributed by atoms with van der Waals surface area (Å²) < 4.78 is 7.12. The number of aromatic nitrogens is 5. The van der Waals surface area contributed by atoms with Gasteiger partial charge in [0.1, 0.15) is 5.52 Å². The molecule has 4 aromatic heterocycles. The van der Waals surface area contributed by atoms with Gasteiger partial charge in [-0.05, 0) is 90.0 Å². The quantitative estimate of drug-likeness (QED) is 0.168. The molecule has 0 amide bonds. The van der Waals surface area contributed by atoms with E-state index >= 15 is 0 Å². The Bertz CT molecular complexity index is 3840. The van der Waals surface area contributed by atoms with Crippen LogP contribution in [0.4, 0.5) is 0 Å². The Labute approximate surface area is 363 Å². The third-order valence-corrected chi connectivity index (χ3v) is 12.6. The molecule has 0 aliphatic rings. The molecule has 0 bridgehead atoms. The monoisotopic (exact) mass is 803 g/mol. The third kappa shape index (κ3) is 5.50. The minimum atomic E-state index is 0.702. The first-order valence-electron chi connectivity index (χ1n) is 21.4. The highest BCUT2D eigenvalue weighted by Crippen LogP contribution is 2.41. The van der Waals surface area contributed by atoms with Gasteiger partial charge in [0.25, 0.3) is 0 Å². The molecule has 13 aromatic rings. The van der Waals surface area contributed by atoms with Crippen LogP contribution in [0.3, 0.4) is 0 Å². The van der Waals surface area contributed by atoms with Crippen molar-refractivity contribution in [3.8, 4) is 50.8 Å². The second kappa shape index (κ2) is 14.0. The first-order valence-corrected chi connectivity index (χ1v) is 21.4. The van der Waals surface area contributed by atoms with E-state index in [0.717, 1.165) is 78.0 Å². The number of rotatable bonds is 6. The van der Waals surface area contributed by atoms with Crippen molar-refractivity contribution in [3.63, 3.8) is 0 Å². The summed E-state index contributed by atoms with van der Waals surface area (Å²) >= 11 is 0. The molecule has 9 aromatic carbocycles. The fourth-order valence-corrected chi connectivity index (χ4v) is 9.84. The van der Waals surface area contributed by atoms with Gasteiger partial charge >= 0.3 is 0 Å². The van der Waals surface area contributed by atoms with Crippen LogP contribution in [0.2, 0.25) is 0 Å². The van der Waals surface area contributed by atoms with Gasteiger partial charge in [-0.25, -0.2) is 9.97 Å². The van der Waals surface area contributed by atoms with Crippen molar-refractivity contribution in [2.24, 2.45) is 0 Å². The van der Waals surface area contributed by atoms with E-state index in [0.29, 0.717) is 5.82 Å². The van der Waals surface area contributed by atoms with E-state index in [1.165, 1.54) is 32.6 Å². The molecule has 0 fully saturated rings. The summed E-state index contributed by atoms with van der Waals surface area (Å²) in [6.07, 6.45) is 0. The van der Waals surface area contributed by atoms with Crippen molar-refractivity contribution in [1.82, 2.24) is 23.7 Å². The molecule has 0 radical (unpaired) electrons. The number of para-hydroxylation sites is 5. The normalized spacial score (nSPS) is 11.8. The zero-order valence-electron chi connectivity index (χ0n) is 34.1. The zero-order chi connectivity index (χ0) is 41.4. The molecule has 5 heteroatoms. The van der Waals surface area contributed by atoms with E-state index in [4.69, 9.17) is 9.97 Å². The average molecular weight is 804 g/mol. The maximum atomic E-state index is 5.42. The SMILES string of the molecule is c1ccc(-c2nc(-c3cccc(-c4ccc5c(c4)c4cc(-n6c7ccccc7c7ccccc76)ccc4n5-c4ccccc4)c3)c3c(n2)c2ccccc2n3-c2ccccc2)cc1. The van der Waals surface area contributed by atoms with Gasteiger partial charge in [-0.1, -0.05) is 146 Å². The van der Waals surface area contributed by atoms with Crippen molar-refractivity contribution in [2.45, 2.75) is 0 Å². The van der Waals surface area contributed by atoms with Gasteiger partial charge in [-0.2, -0.15) is 0 Å². The van der Waals surface area contributed by atoms with Gasteiger partial charge in [0.2, 0.25) is 0 Å². The van der Waals surface area contributed by atoms with Gasteiger partial charge in [-0.15, -0.1) is 0 Å². The Morgan fingerprint density at radius 1 is 0.270 bits per heavy atom. The van der Waals surface area contributed by atoms with E-state index in [1.807, 2.05) is 18.2 Å². The van der Waals surface area contributed by atoms with Crippen LogP contribution in [0.15, 0.2) is 224 Å². The topological polar surface area (TPSA) is 40.6 Å². The van der Waals surface area contributed by atoms with Crippen LogP contribution < -0.4 is 0 Å². The summed E-state index contributed by atoms with van der Waals surface area (Å²) in [5.41, 5.74) is 16.2. The highest BCUT2D eigenvalue weighted by atomic mass is 15.0. The van der Waals surface area contributed by atoms with Gasteiger partial charge in [0, 0.05) is 55.1 Å². The summed E-state index contributed by atoms with van der Waals surface area (Å²) in [7, 11) is 0. The highest BCUT2D eigenvalue weighted by Gasteiger charge is 2.22. The minimum Gasteiger partial charge on any atom is -0.309 e. The Hall–Kier alpha value is -8.54. The molecule has 0 saturated heterocycles. The summed E-state index contributed by atoms with van der Waals surface area (Å²) in [5.74, 6) is 0.702. The largest absolute Gasteiger partial charge is 0.309 e. The molecule has 4 heterocycles. The first kappa shape index (κ1) is 35.2. The van der Waals surface area contributed by atoms with Crippen molar-refractivity contribution in [3.05, 3.63) is 224 Å². The second-order valence-corrected chi connectivity index (χ2v) is 16.2. The lowest BCUT2D eigenvalue weighted by Gasteiger charge is -2.13. The molecular weight excluding hydrogens is 767 g/mol. The predicted octanol–water partition coefficient (Wildman–Crippen LogP) is 14.8. The summed E-state index contributed by atoms with van der Waals surface area (Å²) in [4.78, 5) is 10.7. The summed E-state index contributed by atoms with van der Waals surface area (Å²) in [6.45, 7) is 0. The minimum absolute atomic E-state index is 0.702. The van der Waals surface area contributed by atoms with Crippen molar-refractivity contribution in [1.29, 1.82) is 0 Å². The molecule has 0 N–H and O–H groups in total. The predicted molar refractivity (Wildman–Crippen MR) is 261 cm³/mol. The molecule has 13 rings (SSSR count). The molecule has 63 heavy (non-hydrogen) atoms. The van der Waals surface area contributed by atoms with Crippen LogP contribution >= 0.6 is 0 Å². The highest BCUT2D eigenvalue weighted by molar-refractivity contribution is 6.14. The van der Waals surface area contributed by atoms with Crippen LogP contribution in [-0.4, -0.2) is 23.7 Å². The van der Waals surface area contributed by atoms with Crippen LogP contribution in [0, 0.1) is 0 Å². The second-order valence-electron chi connectivity index (χ2n) is 16.2. The van der Waals surface area contributed by atoms with Crippen LogP contribution in [-0.2, 0) is 0 Å². The van der Waals surface area contributed by atoms with Crippen molar-refractivity contribution >= 4 is 65.5 Å². The van der Waals surface area contributed by atoms with E-state index < -0.39 is 0 Å². The van der Waals surface area contributed by atoms with E-state index in [9.17, 15) is 0 Å². The molecule has 0 atom stereocenters. The van der Waals surface area contributed by atoms with E-state index in [-0.39, 0.29) is 0 Å². The summed E-state index contributed by atoms with van der Waals surface area (Å²) in [6, 6.07) is 80.3. The average Bonchev–Trinajstić information content (AvgIpc) is 4.00. The van der Waals surface area contributed by atoms with E-state index in [1.54, 1.807) is 0 Å². The first-order chi connectivity index (χ1) is 31.3. The lowest BCUT2D eigenvalue weighted by Crippen LogP contribution is -1.99. The van der Waals surface area contributed by atoms with Crippen LogP contribution in [0.25, 0.3) is 116 Å². The van der Waals surface area contributed by atoms with Gasteiger partial charge < -0.3 is 13.7 Å². The lowest BCUT2D eigenvalue weighted by molar-refractivity contribution is 1.15. The number of hydrogen-bond acceptors (Lipinski definition) is 2. The van der Waals surface area contributed by atoms with Gasteiger partial charge in [0.05, 0.1) is 38.8 Å². The molecule has 0 aliphatic heterocycles. The Balaban J connectivity index is 1.04. The molecule has 0 unspecified atom stereocenters. The molecule has 0 aliphatic carbocycles. The van der Waals surface area contributed by atoms with Gasteiger partial charge in [-0.3, -0.25) is 0 Å². The third-order valence-electron chi connectivity index (χ3n) is 12.6. The van der Waals surface area contributed by atoms with Gasteiger partial charge in [0.15, 0.2) is 5.82 Å². The van der Waals surface area contributed by atoms with Crippen molar-refractivity contribution in [2.75, 3.05) is 0 Å². The molecule has 0 spiro atoms. The maximum Gasteiger partial charge on any atom is 0.160 e. The van der Waals surface area contributed by atoms with Crippen LogP contribution in [0.1, 0.15) is 0 Å². The maximum absolute atomic E-state index is 5.42. The van der Waals surface area contributed by atoms with Crippen molar-refractivity contribution < 1.29 is 0 Å². The molecule has 294 valence electrons. The molecular formula is C58H37N5. The number of nitrogens with zero attached hydrogens (tertiary/aromatic N) is 5. The molecule has 5 nitrogen and oxygen atoms in total. The fraction of sp³-hybridized carbons (Fsp3) is 0. The summed E-state index contributed by atoms with van der Waals surface area (Å²) in [5, 5.41) is 5.99. The number of fused-ring (bicyclic) bond motifs is 9. The Morgan fingerprint density at radius 2 is 0.746 bits per heavy atom. The zero-order valence-corrected chi connectivity index (χ0v) is 34.1. The standard InChI is InChI=1S/C58H37N5/c1-4-17-38(18-5-1)58-59-55(57-56(60-58)47-27-12-15-30-52(47)63(57)43-23-8-3-9-24-43)41-20-16-19-39(35-41)40-31-33-53-48(36-40)49-37-44(32-34-54(49)61(53)42-21-6-2-7-22-42)62-50-28-13-10-25-45(50)46-26-11-14-29-51(46)62/h1-37H. The Kier molecular flexibility index (Phi) is 7.84. The Morgan fingerprint density at radius 3 is 1.43 bits per heavy atom. The fourth-order valence-electron chi connectivity index (χ4n) is 9.84.